The maximum atomic E-state index is 11.4. The van der Waals surface area contributed by atoms with Crippen molar-refractivity contribution in [1.29, 1.82) is 0 Å². The zero-order valence-corrected chi connectivity index (χ0v) is 16.1. The molecule has 0 aliphatic carbocycles. The molecule has 7 heteroatoms. The van der Waals surface area contributed by atoms with Crippen LogP contribution < -0.4 is 10.0 Å². The van der Waals surface area contributed by atoms with Crippen LogP contribution >= 0.6 is 0 Å². The van der Waals surface area contributed by atoms with Gasteiger partial charge in [0.25, 0.3) is 0 Å². The van der Waals surface area contributed by atoms with Crippen LogP contribution in [0.2, 0.25) is 0 Å². The van der Waals surface area contributed by atoms with E-state index in [0.29, 0.717) is 0 Å². The second-order valence-electron chi connectivity index (χ2n) is 7.69. The molecule has 0 amide bonds. The fraction of sp³-hybridized carbons (Fsp3) is 0.722. The lowest BCUT2D eigenvalue weighted by Gasteiger charge is -2.43. The highest BCUT2D eigenvalue weighted by molar-refractivity contribution is 7.88. The van der Waals surface area contributed by atoms with E-state index >= 15 is 0 Å². The Morgan fingerprint density at radius 3 is 2.52 bits per heavy atom. The summed E-state index contributed by atoms with van der Waals surface area (Å²) < 4.78 is 25.6. The van der Waals surface area contributed by atoms with Crippen molar-refractivity contribution >= 4 is 10.0 Å². The molecule has 0 radical (unpaired) electrons. The van der Waals surface area contributed by atoms with E-state index in [1.165, 1.54) is 17.5 Å². The first kappa shape index (κ1) is 18.8. The first-order valence-corrected chi connectivity index (χ1v) is 11.1. The first-order valence-electron chi connectivity index (χ1n) is 9.20. The van der Waals surface area contributed by atoms with Gasteiger partial charge in [-0.05, 0) is 70.4 Å². The Labute approximate surface area is 151 Å². The molecule has 2 saturated heterocycles. The lowest BCUT2D eigenvalue weighted by Crippen LogP contribution is -2.51. The average molecular weight is 367 g/mol. The summed E-state index contributed by atoms with van der Waals surface area (Å²) in [5.41, 5.74) is 2.51. The predicted octanol–water partition coefficient (Wildman–Crippen LogP) is 1.02. The van der Waals surface area contributed by atoms with Gasteiger partial charge in [-0.1, -0.05) is 6.07 Å². The Balaban J connectivity index is 1.67. The van der Waals surface area contributed by atoms with Crippen molar-refractivity contribution < 1.29 is 8.42 Å². The molecule has 2 N–H and O–H groups in total. The van der Waals surface area contributed by atoms with Crippen LogP contribution in [0.5, 0.6) is 0 Å². The number of pyridine rings is 1. The Hall–Kier alpha value is -1.02. The average Bonchev–Trinajstić information content (AvgIpc) is 2.57. The Kier molecular flexibility index (Phi) is 5.78. The molecule has 0 spiro atoms. The van der Waals surface area contributed by atoms with Crippen molar-refractivity contribution in [1.82, 2.24) is 19.9 Å². The van der Waals surface area contributed by atoms with Gasteiger partial charge < -0.3 is 10.2 Å². The fourth-order valence-electron chi connectivity index (χ4n) is 4.12. The van der Waals surface area contributed by atoms with E-state index in [1.54, 1.807) is 0 Å². The maximum absolute atomic E-state index is 11.4. The topological polar surface area (TPSA) is 74.3 Å². The van der Waals surface area contributed by atoms with Crippen LogP contribution in [0.3, 0.4) is 0 Å². The summed E-state index contributed by atoms with van der Waals surface area (Å²) in [5, 5.41) is 3.47. The molecule has 0 aromatic carbocycles. The largest absolute Gasteiger partial charge is 0.317 e. The van der Waals surface area contributed by atoms with E-state index in [-0.39, 0.29) is 11.5 Å². The molecule has 0 unspecified atom stereocenters. The van der Waals surface area contributed by atoms with Crippen LogP contribution in [0.4, 0.5) is 0 Å². The van der Waals surface area contributed by atoms with Gasteiger partial charge in [0.05, 0.1) is 6.26 Å². The van der Waals surface area contributed by atoms with Crippen molar-refractivity contribution in [2.45, 2.75) is 44.1 Å². The maximum Gasteiger partial charge on any atom is 0.208 e. The number of rotatable bonds is 5. The van der Waals surface area contributed by atoms with E-state index in [1.807, 2.05) is 6.20 Å². The summed E-state index contributed by atoms with van der Waals surface area (Å²) in [4.78, 5) is 7.25. The quantitative estimate of drug-likeness (QED) is 0.814. The predicted molar refractivity (Wildman–Crippen MR) is 100 cm³/mol. The molecule has 1 aromatic heterocycles. The standard InChI is InChI=1S/C18H30N4O2S/c1-15-3-4-17(20-13-15)18(7-9-19-10-8-18)14-22-11-5-16(6-12-22)21-25(2,23)24/h3-4,13,16,19,21H,5-12,14H2,1-2H3. The lowest BCUT2D eigenvalue weighted by molar-refractivity contribution is 0.139. The molecular formula is C18H30N4O2S. The minimum Gasteiger partial charge on any atom is -0.317 e. The summed E-state index contributed by atoms with van der Waals surface area (Å²) in [7, 11) is -3.11. The van der Waals surface area contributed by atoms with E-state index < -0.39 is 10.0 Å². The molecule has 25 heavy (non-hydrogen) atoms. The summed E-state index contributed by atoms with van der Waals surface area (Å²) in [6.07, 6.45) is 7.18. The van der Waals surface area contributed by atoms with Gasteiger partial charge in [0.15, 0.2) is 0 Å². The van der Waals surface area contributed by atoms with Gasteiger partial charge in [-0.25, -0.2) is 13.1 Å². The second kappa shape index (κ2) is 7.70. The number of nitrogens with zero attached hydrogens (tertiary/aromatic N) is 2. The molecule has 6 nitrogen and oxygen atoms in total. The minimum atomic E-state index is -3.11. The molecule has 0 atom stereocenters. The Morgan fingerprint density at radius 2 is 1.96 bits per heavy atom. The highest BCUT2D eigenvalue weighted by Crippen LogP contribution is 2.34. The van der Waals surface area contributed by atoms with Crippen LogP contribution in [0.15, 0.2) is 18.3 Å². The molecule has 2 fully saturated rings. The number of likely N-dealkylation sites (tertiary alicyclic amines) is 1. The van der Waals surface area contributed by atoms with Gasteiger partial charge >= 0.3 is 0 Å². The van der Waals surface area contributed by atoms with Gasteiger partial charge in [-0.2, -0.15) is 0 Å². The molecule has 1 aromatic rings. The zero-order chi connectivity index (χ0) is 17.9. The second-order valence-corrected chi connectivity index (χ2v) is 9.47. The van der Waals surface area contributed by atoms with E-state index in [9.17, 15) is 8.42 Å². The van der Waals surface area contributed by atoms with Gasteiger partial charge in [-0.3, -0.25) is 4.98 Å². The molecule has 140 valence electrons. The van der Waals surface area contributed by atoms with E-state index in [2.05, 4.69) is 34.0 Å². The SMILES string of the molecule is Cc1ccc(C2(CN3CCC(NS(C)(=O)=O)CC3)CCNCC2)nc1. The monoisotopic (exact) mass is 366 g/mol. The third-order valence-electron chi connectivity index (χ3n) is 5.51. The van der Waals surface area contributed by atoms with Crippen LogP contribution in [-0.4, -0.2) is 63.3 Å². The van der Waals surface area contributed by atoms with Gasteiger partial charge in [-0.15, -0.1) is 0 Å². The number of sulfonamides is 1. The molecular weight excluding hydrogens is 336 g/mol. The number of aromatic nitrogens is 1. The first-order chi connectivity index (χ1) is 11.9. The van der Waals surface area contributed by atoms with Crippen molar-refractivity contribution in [2.75, 3.05) is 39.0 Å². The third kappa shape index (κ3) is 5.00. The fourth-order valence-corrected chi connectivity index (χ4v) is 4.96. The molecule has 0 bridgehead atoms. The third-order valence-corrected chi connectivity index (χ3v) is 6.27. The molecule has 2 aliphatic rings. The highest BCUT2D eigenvalue weighted by Gasteiger charge is 2.37. The highest BCUT2D eigenvalue weighted by atomic mass is 32.2. The number of hydrogen-bond donors (Lipinski definition) is 2. The molecule has 3 rings (SSSR count). The molecule has 0 saturated carbocycles. The van der Waals surface area contributed by atoms with Crippen LogP contribution in [-0.2, 0) is 15.4 Å². The Bertz CT molecular complexity index is 661. The van der Waals surface area contributed by atoms with Gasteiger partial charge in [0, 0.05) is 29.9 Å². The zero-order valence-electron chi connectivity index (χ0n) is 15.3. The van der Waals surface area contributed by atoms with Crippen molar-refractivity contribution in [2.24, 2.45) is 0 Å². The number of hydrogen-bond acceptors (Lipinski definition) is 5. The van der Waals surface area contributed by atoms with Crippen LogP contribution in [0.1, 0.15) is 36.9 Å². The normalized spacial score (nSPS) is 22.8. The van der Waals surface area contributed by atoms with Crippen molar-refractivity contribution in [3.63, 3.8) is 0 Å². The Morgan fingerprint density at radius 1 is 1.28 bits per heavy atom. The van der Waals surface area contributed by atoms with Crippen molar-refractivity contribution in [3.05, 3.63) is 29.6 Å². The van der Waals surface area contributed by atoms with Gasteiger partial charge in [0.2, 0.25) is 10.0 Å². The minimum absolute atomic E-state index is 0.0766. The summed E-state index contributed by atoms with van der Waals surface area (Å²) in [5.74, 6) is 0. The summed E-state index contributed by atoms with van der Waals surface area (Å²) >= 11 is 0. The van der Waals surface area contributed by atoms with Gasteiger partial charge in [0.1, 0.15) is 0 Å². The molecule has 3 heterocycles. The lowest BCUT2D eigenvalue weighted by atomic mass is 9.75. The summed E-state index contributed by atoms with van der Waals surface area (Å²) in [6.45, 7) is 7.02. The van der Waals surface area contributed by atoms with Crippen LogP contribution in [0, 0.1) is 6.92 Å². The smallest absolute Gasteiger partial charge is 0.208 e. The number of nitrogens with one attached hydrogen (secondary N) is 2. The van der Waals surface area contributed by atoms with Crippen molar-refractivity contribution in [3.8, 4) is 0 Å². The number of aryl methyl sites for hydroxylation is 1. The number of piperidine rings is 2. The summed E-state index contributed by atoms with van der Waals surface area (Å²) in [6, 6.07) is 4.43. The van der Waals surface area contributed by atoms with E-state index in [0.717, 1.165) is 58.4 Å². The molecule has 2 aliphatic heterocycles. The van der Waals surface area contributed by atoms with Crippen LogP contribution in [0.25, 0.3) is 0 Å². The van der Waals surface area contributed by atoms with E-state index in [4.69, 9.17) is 4.98 Å².